The zero-order valence-corrected chi connectivity index (χ0v) is 8.22. The molecule has 1 saturated heterocycles. The number of aliphatic hydroxyl groups is 1. The fraction of sp³-hybridized carbons (Fsp3) is 0.700. The van der Waals surface area contributed by atoms with E-state index in [0.29, 0.717) is 0 Å². The summed E-state index contributed by atoms with van der Waals surface area (Å²) in [5, 5.41) is 17.6. The van der Waals surface area contributed by atoms with Crippen molar-refractivity contribution >= 4 is 5.97 Å². The molecular formula is C10H17NO3. The van der Waals surface area contributed by atoms with Gasteiger partial charge in [0.15, 0.2) is 0 Å². The van der Waals surface area contributed by atoms with Gasteiger partial charge in [-0.25, -0.2) is 4.79 Å². The molecular weight excluding hydrogens is 182 g/mol. The molecule has 14 heavy (non-hydrogen) atoms. The number of aliphatic hydroxyl groups excluding tert-OH is 1. The minimum Gasteiger partial charge on any atom is -0.478 e. The van der Waals surface area contributed by atoms with Gasteiger partial charge in [-0.2, -0.15) is 0 Å². The van der Waals surface area contributed by atoms with Crippen molar-refractivity contribution in [3.8, 4) is 0 Å². The van der Waals surface area contributed by atoms with E-state index in [4.69, 9.17) is 10.2 Å². The first-order valence-electron chi connectivity index (χ1n) is 5.02. The Labute approximate surface area is 83.8 Å². The lowest BCUT2D eigenvalue weighted by molar-refractivity contribution is -0.131. The first-order valence-corrected chi connectivity index (χ1v) is 5.02. The summed E-state index contributed by atoms with van der Waals surface area (Å²) < 4.78 is 0. The Bertz CT molecular complexity index is 215. The Hall–Kier alpha value is -1.03. The van der Waals surface area contributed by atoms with Crippen molar-refractivity contribution in [2.24, 2.45) is 0 Å². The summed E-state index contributed by atoms with van der Waals surface area (Å²) in [6.45, 7) is 0.943. The van der Waals surface area contributed by atoms with Crippen LogP contribution in [0.25, 0.3) is 0 Å². The SMILES string of the molecule is O=C(O)/C=C/N1CCCCCC1CO. The van der Waals surface area contributed by atoms with Crippen LogP contribution in [0.1, 0.15) is 25.7 Å². The summed E-state index contributed by atoms with van der Waals surface area (Å²) in [6.07, 6.45) is 7.00. The van der Waals surface area contributed by atoms with Crippen LogP contribution < -0.4 is 0 Å². The quantitative estimate of drug-likeness (QED) is 0.661. The van der Waals surface area contributed by atoms with Crippen LogP contribution in [0.15, 0.2) is 12.3 Å². The monoisotopic (exact) mass is 199 g/mol. The highest BCUT2D eigenvalue weighted by atomic mass is 16.4. The highest BCUT2D eigenvalue weighted by molar-refractivity contribution is 5.79. The van der Waals surface area contributed by atoms with Gasteiger partial charge in [0.1, 0.15) is 0 Å². The van der Waals surface area contributed by atoms with Crippen molar-refractivity contribution in [2.75, 3.05) is 13.2 Å². The Morgan fingerprint density at radius 2 is 2.21 bits per heavy atom. The molecule has 2 N–H and O–H groups in total. The van der Waals surface area contributed by atoms with Crippen LogP contribution in [-0.2, 0) is 4.79 Å². The molecule has 1 heterocycles. The fourth-order valence-corrected chi connectivity index (χ4v) is 1.75. The second-order valence-corrected chi connectivity index (χ2v) is 3.58. The number of aliphatic carboxylic acids is 1. The number of nitrogens with zero attached hydrogens (tertiary/aromatic N) is 1. The summed E-state index contributed by atoms with van der Waals surface area (Å²) in [6, 6.07) is 0.0908. The number of likely N-dealkylation sites (tertiary alicyclic amines) is 1. The van der Waals surface area contributed by atoms with Crippen LogP contribution in [0.5, 0.6) is 0 Å². The molecule has 4 nitrogen and oxygen atoms in total. The molecule has 0 spiro atoms. The topological polar surface area (TPSA) is 60.8 Å². The molecule has 1 rings (SSSR count). The highest BCUT2D eigenvalue weighted by Gasteiger charge is 2.16. The molecule has 80 valence electrons. The lowest BCUT2D eigenvalue weighted by Crippen LogP contribution is -2.33. The van der Waals surface area contributed by atoms with Crippen molar-refractivity contribution in [2.45, 2.75) is 31.7 Å². The van der Waals surface area contributed by atoms with Gasteiger partial charge in [0.2, 0.25) is 0 Å². The predicted octanol–water partition coefficient (Wildman–Crippen LogP) is 0.822. The number of carbonyl (C=O) groups is 1. The van der Waals surface area contributed by atoms with Gasteiger partial charge in [0.25, 0.3) is 0 Å². The first-order chi connectivity index (χ1) is 6.74. The molecule has 1 unspecified atom stereocenters. The maximum Gasteiger partial charge on any atom is 0.329 e. The van der Waals surface area contributed by atoms with Gasteiger partial charge in [0.05, 0.1) is 12.6 Å². The molecule has 0 bridgehead atoms. The number of carboxylic acids is 1. The smallest absolute Gasteiger partial charge is 0.329 e. The van der Waals surface area contributed by atoms with Crippen molar-refractivity contribution < 1.29 is 15.0 Å². The van der Waals surface area contributed by atoms with E-state index >= 15 is 0 Å². The number of rotatable bonds is 3. The maximum atomic E-state index is 10.3. The molecule has 0 aliphatic carbocycles. The summed E-state index contributed by atoms with van der Waals surface area (Å²) in [4.78, 5) is 12.3. The fourth-order valence-electron chi connectivity index (χ4n) is 1.75. The second kappa shape index (κ2) is 5.65. The molecule has 0 aromatic heterocycles. The van der Waals surface area contributed by atoms with Gasteiger partial charge in [-0.15, -0.1) is 0 Å². The minimum atomic E-state index is -0.939. The summed E-state index contributed by atoms with van der Waals surface area (Å²) in [5.74, 6) is -0.939. The van der Waals surface area contributed by atoms with Gasteiger partial charge in [-0.1, -0.05) is 12.8 Å². The standard InChI is InChI=1S/C10H17NO3/c12-8-9-4-2-1-3-6-11(9)7-5-10(13)14/h5,7,9,12H,1-4,6,8H2,(H,13,14)/b7-5+. The van der Waals surface area contributed by atoms with Crippen LogP contribution in [0.2, 0.25) is 0 Å². The second-order valence-electron chi connectivity index (χ2n) is 3.58. The van der Waals surface area contributed by atoms with Crippen LogP contribution in [0.3, 0.4) is 0 Å². The van der Waals surface area contributed by atoms with Gasteiger partial charge >= 0.3 is 5.97 Å². The molecule has 0 aromatic rings. The van der Waals surface area contributed by atoms with Crippen molar-refractivity contribution in [3.05, 3.63) is 12.3 Å². The Morgan fingerprint density at radius 3 is 2.86 bits per heavy atom. The summed E-state index contributed by atoms with van der Waals surface area (Å²) in [7, 11) is 0. The van der Waals surface area contributed by atoms with E-state index in [2.05, 4.69) is 0 Å². The number of carboxylic acid groups (broad SMARTS) is 1. The minimum absolute atomic E-state index is 0.0908. The average molecular weight is 199 g/mol. The van der Waals surface area contributed by atoms with Crippen LogP contribution in [-0.4, -0.2) is 40.3 Å². The average Bonchev–Trinajstić information content (AvgIpc) is 2.38. The zero-order chi connectivity index (χ0) is 10.4. The predicted molar refractivity (Wildman–Crippen MR) is 52.8 cm³/mol. The molecule has 1 aliphatic heterocycles. The van der Waals surface area contributed by atoms with Gasteiger partial charge in [-0.05, 0) is 12.8 Å². The molecule has 0 saturated carbocycles. The normalized spacial score (nSPS) is 23.8. The molecule has 1 aliphatic rings. The lowest BCUT2D eigenvalue weighted by Gasteiger charge is -2.26. The van der Waals surface area contributed by atoms with Crippen LogP contribution in [0.4, 0.5) is 0 Å². The molecule has 1 atom stereocenters. The number of hydrogen-bond acceptors (Lipinski definition) is 3. The van der Waals surface area contributed by atoms with E-state index < -0.39 is 5.97 Å². The lowest BCUT2D eigenvalue weighted by atomic mass is 10.1. The van der Waals surface area contributed by atoms with E-state index in [0.717, 1.165) is 38.3 Å². The highest BCUT2D eigenvalue weighted by Crippen LogP contribution is 2.16. The summed E-state index contributed by atoms with van der Waals surface area (Å²) >= 11 is 0. The van der Waals surface area contributed by atoms with Crippen molar-refractivity contribution in [1.82, 2.24) is 4.90 Å². The molecule has 0 aromatic carbocycles. The third-order valence-corrected chi connectivity index (χ3v) is 2.54. The van der Waals surface area contributed by atoms with Crippen molar-refractivity contribution in [3.63, 3.8) is 0 Å². The third kappa shape index (κ3) is 3.38. The largest absolute Gasteiger partial charge is 0.478 e. The van der Waals surface area contributed by atoms with Gasteiger partial charge in [-0.3, -0.25) is 0 Å². The zero-order valence-electron chi connectivity index (χ0n) is 8.22. The van der Waals surface area contributed by atoms with Crippen LogP contribution >= 0.6 is 0 Å². The van der Waals surface area contributed by atoms with E-state index in [1.165, 1.54) is 0 Å². The Balaban J connectivity index is 2.56. The van der Waals surface area contributed by atoms with Crippen molar-refractivity contribution in [1.29, 1.82) is 0 Å². The van der Waals surface area contributed by atoms with E-state index in [1.54, 1.807) is 6.20 Å². The van der Waals surface area contributed by atoms with E-state index in [9.17, 15) is 4.79 Å². The van der Waals surface area contributed by atoms with Gasteiger partial charge in [0, 0.05) is 18.8 Å². The Morgan fingerprint density at radius 1 is 1.43 bits per heavy atom. The van der Waals surface area contributed by atoms with E-state index in [-0.39, 0.29) is 12.6 Å². The maximum absolute atomic E-state index is 10.3. The summed E-state index contributed by atoms with van der Waals surface area (Å²) in [5.41, 5.74) is 0. The van der Waals surface area contributed by atoms with Gasteiger partial charge < -0.3 is 15.1 Å². The molecule has 0 amide bonds. The van der Waals surface area contributed by atoms with Crippen LogP contribution in [0, 0.1) is 0 Å². The first kappa shape index (κ1) is 11.0. The Kier molecular flexibility index (Phi) is 4.46. The molecule has 1 fully saturated rings. The number of hydrogen-bond donors (Lipinski definition) is 2. The third-order valence-electron chi connectivity index (χ3n) is 2.54. The van der Waals surface area contributed by atoms with E-state index in [1.807, 2.05) is 4.90 Å². The molecule has 0 radical (unpaired) electrons. The molecule has 4 heteroatoms.